The van der Waals surface area contributed by atoms with Gasteiger partial charge in [0, 0.05) is 12.6 Å². The smallest absolute Gasteiger partial charge is 0.0947 e. The van der Waals surface area contributed by atoms with Crippen molar-refractivity contribution in [2.24, 2.45) is 5.92 Å². The predicted molar refractivity (Wildman–Crippen MR) is 68.9 cm³/mol. The molecule has 1 aromatic rings. The largest absolute Gasteiger partial charge is 0.387 e. The van der Waals surface area contributed by atoms with Gasteiger partial charge in [0.05, 0.1) is 6.10 Å². The summed E-state index contributed by atoms with van der Waals surface area (Å²) in [5.74, 6) is 0.791. The number of benzene rings is 1. The Morgan fingerprint density at radius 2 is 2.06 bits per heavy atom. The quantitative estimate of drug-likeness (QED) is 0.802. The molecule has 1 aliphatic carbocycles. The van der Waals surface area contributed by atoms with E-state index >= 15 is 0 Å². The van der Waals surface area contributed by atoms with Crippen molar-refractivity contribution in [2.75, 3.05) is 13.1 Å². The molecule has 0 spiro atoms. The third kappa shape index (κ3) is 2.00. The molecule has 17 heavy (non-hydrogen) atoms. The van der Waals surface area contributed by atoms with Crippen molar-refractivity contribution >= 4 is 0 Å². The van der Waals surface area contributed by atoms with Crippen LogP contribution in [0.1, 0.15) is 37.0 Å². The molecular weight excluding hydrogens is 210 g/mol. The molecule has 3 unspecified atom stereocenters. The lowest BCUT2D eigenvalue weighted by Gasteiger charge is -2.36. The first-order valence-electron chi connectivity index (χ1n) is 6.75. The number of aliphatic hydroxyl groups excluding tert-OH is 1. The molecule has 0 amide bonds. The van der Waals surface area contributed by atoms with Crippen molar-refractivity contribution in [2.45, 2.75) is 38.3 Å². The second kappa shape index (κ2) is 4.43. The second-order valence-corrected chi connectivity index (χ2v) is 5.64. The Labute approximate surface area is 103 Å². The van der Waals surface area contributed by atoms with Gasteiger partial charge >= 0.3 is 0 Å². The Bertz CT molecular complexity index is 404. The summed E-state index contributed by atoms with van der Waals surface area (Å²) in [6.45, 7) is 4.62. The molecule has 3 rings (SSSR count). The maximum absolute atomic E-state index is 10.5. The Hall–Kier alpha value is -0.860. The minimum absolute atomic E-state index is 0.287. The molecular formula is C15H21NO. The van der Waals surface area contributed by atoms with Gasteiger partial charge in [0.2, 0.25) is 0 Å². The van der Waals surface area contributed by atoms with Crippen LogP contribution in [0, 0.1) is 5.92 Å². The van der Waals surface area contributed by atoms with E-state index in [1.165, 1.54) is 12.0 Å². The van der Waals surface area contributed by atoms with E-state index in [-0.39, 0.29) is 6.10 Å². The molecule has 1 heterocycles. The molecule has 0 radical (unpaired) electrons. The molecule has 1 N–H and O–H groups in total. The number of hydrogen-bond donors (Lipinski definition) is 1. The minimum atomic E-state index is -0.287. The highest BCUT2D eigenvalue weighted by Gasteiger charge is 2.34. The number of aliphatic hydroxyl groups is 1. The van der Waals surface area contributed by atoms with Crippen molar-refractivity contribution in [3.8, 4) is 0 Å². The first kappa shape index (κ1) is 11.2. The van der Waals surface area contributed by atoms with Gasteiger partial charge in [0.15, 0.2) is 0 Å². The number of likely N-dealkylation sites (tertiary alicyclic amines) is 1. The van der Waals surface area contributed by atoms with Crippen LogP contribution in [0.2, 0.25) is 0 Å². The van der Waals surface area contributed by atoms with Crippen LogP contribution in [0.15, 0.2) is 24.3 Å². The Kier molecular flexibility index (Phi) is 2.93. The summed E-state index contributed by atoms with van der Waals surface area (Å²) < 4.78 is 0. The summed E-state index contributed by atoms with van der Waals surface area (Å²) in [5, 5.41) is 10.5. The number of hydrogen-bond acceptors (Lipinski definition) is 2. The van der Waals surface area contributed by atoms with E-state index in [9.17, 15) is 5.11 Å². The highest BCUT2D eigenvalue weighted by Crippen LogP contribution is 2.34. The van der Waals surface area contributed by atoms with Gasteiger partial charge in [-0.2, -0.15) is 0 Å². The van der Waals surface area contributed by atoms with Crippen molar-refractivity contribution in [1.82, 2.24) is 4.90 Å². The SMILES string of the molecule is CC1CCN(C2CCc3ccccc3C2O)C1. The van der Waals surface area contributed by atoms with Gasteiger partial charge in [-0.3, -0.25) is 4.90 Å². The van der Waals surface area contributed by atoms with Crippen LogP contribution in [0.25, 0.3) is 0 Å². The summed E-state index contributed by atoms with van der Waals surface area (Å²) >= 11 is 0. The lowest BCUT2D eigenvalue weighted by Crippen LogP contribution is -2.40. The van der Waals surface area contributed by atoms with E-state index in [0.29, 0.717) is 6.04 Å². The molecule has 2 aliphatic rings. The van der Waals surface area contributed by atoms with Crippen LogP contribution < -0.4 is 0 Å². The lowest BCUT2D eigenvalue weighted by molar-refractivity contribution is 0.0472. The zero-order valence-electron chi connectivity index (χ0n) is 10.5. The standard InChI is InChI=1S/C15H21NO/c1-11-8-9-16(10-11)14-7-6-12-4-2-3-5-13(12)15(14)17/h2-5,11,14-15,17H,6-10H2,1H3. The van der Waals surface area contributed by atoms with Crippen molar-refractivity contribution < 1.29 is 5.11 Å². The number of nitrogens with zero attached hydrogens (tertiary/aromatic N) is 1. The number of rotatable bonds is 1. The third-order valence-corrected chi connectivity index (χ3v) is 4.37. The molecule has 0 saturated carbocycles. The molecule has 1 aliphatic heterocycles. The van der Waals surface area contributed by atoms with E-state index in [4.69, 9.17) is 0 Å². The summed E-state index contributed by atoms with van der Waals surface area (Å²) in [6, 6.07) is 8.70. The fourth-order valence-electron chi connectivity index (χ4n) is 3.37. The van der Waals surface area contributed by atoms with Crippen molar-refractivity contribution in [3.63, 3.8) is 0 Å². The molecule has 0 aromatic heterocycles. The molecule has 92 valence electrons. The van der Waals surface area contributed by atoms with Gasteiger partial charge in [-0.15, -0.1) is 0 Å². The Balaban J connectivity index is 1.82. The normalized spacial score (nSPS) is 33.6. The monoisotopic (exact) mass is 231 g/mol. The van der Waals surface area contributed by atoms with Gasteiger partial charge in [-0.25, -0.2) is 0 Å². The van der Waals surface area contributed by atoms with E-state index in [1.807, 2.05) is 6.07 Å². The average Bonchev–Trinajstić information content (AvgIpc) is 2.77. The van der Waals surface area contributed by atoms with Crippen LogP contribution >= 0.6 is 0 Å². The molecule has 1 fully saturated rings. The Morgan fingerprint density at radius 3 is 2.82 bits per heavy atom. The van der Waals surface area contributed by atoms with Gasteiger partial charge in [-0.05, 0) is 42.9 Å². The minimum Gasteiger partial charge on any atom is -0.387 e. The average molecular weight is 231 g/mol. The predicted octanol–water partition coefficient (Wildman–Crippen LogP) is 2.38. The fourth-order valence-corrected chi connectivity index (χ4v) is 3.37. The van der Waals surface area contributed by atoms with Crippen molar-refractivity contribution in [3.05, 3.63) is 35.4 Å². The van der Waals surface area contributed by atoms with Gasteiger partial charge in [0.1, 0.15) is 0 Å². The number of aryl methyl sites for hydroxylation is 1. The van der Waals surface area contributed by atoms with E-state index in [2.05, 4.69) is 30.0 Å². The van der Waals surface area contributed by atoms with Crippen LogP contribution in [-0.4, -0.2) is 29.1 Å². The molecule has 0 bridgehead atoms. The van der Waals surface area contributed by atoms with Gasteiger partial charge in [-0.1, -0.05) is 31.2 Å². The lowest BCUT2D eigenvalue weighted by atomic mass is 9.85. The summed E-state index contributed by atoms with van der Waals surface area (Å²) in [4.78, 5) is 2.49. The van der Waals surface area contributed by atoms with Gasteiger partial charge in [0.25, 0.3) is 0 Å². The molecule has 1 saturated heterocycles. The van der Waals surface area contributed by atoms with Crippen LogP contribution in [-0.2, 0) is 6.42 Å². The molecule has 1 aromatic carbocycles. The second-order valence-electron chi connectivity index (χ2n) is 5.64. The third-order valence-electron chi connectivity index (χ3n) is 4.37. The van der Waals surface area contributed by atoms with E-state index in [0.717, 1.165) is 37.4 Å². The summed E-state index contributed by atoms with van der Waals surface area (Å²) in [6.07, 6.45) is 3.21. The highest BCUT2D eigenvalue weighted by molar-refractivity contribution is 5.32. The van der Waals surface area contributed by atoms with Gasteiger partial charge < -0.3 is 5.11 Å². The molecule has 2 nitrogen and oxygen atoms in total. The first-order chi connectivity index (χ1) is 8.25. The zero-order chi connectivity index (χ0) is 11.8. The summed E-state index contributed by atoms with van der Waals surface area (Å²) in [5.41, 5.74) is 2.49. The fraction of sp³-hybridized carbons (Fsp3) is 0.600. The Morgan fingerprint density at radius 1 is 1.24 bits per heavy atom. The van der Waals surface area contributed by atoms with Crippen LogP contribution in [0.5, 0.6) is 0 Å². The number of fused-ring (bicyclic) bond motifs is 1. The molecule has 2 heteroatoms. The maximum atomic E-state index is 10.5. The van der Waals surface area contributed by atoms with Crippen molar-refractivity contribution in [1.29, 1.82) is 0 Å². The van der Waals surface area contributed by atoms with E-state index in [1.54, 1.807) is 0 Å². The van der Waals surface area contributed by atoms with Crippen LogP contribution in [0.3, 0.4) is 0 Å². The van der Waals surface area contributed by atoms with E-state index < -0.39 is 0 Å². The molecule has 3 atom stereocenters. The topological polar surface area (TPSA) is 23.5 Å². The summed E-state index contributed by atoms with van der Waals surface area (Å²) in [7, 11) is 0. The van der Waals surface area contributed by atoms with Crippen LogP contribution in [0.4, 0.5) is 0 Å². The maximum Gasteiger partial charge on any atom is 0.0947 e. The zero-order valence-corrected chi connectivity index (χ0v) is 10.5. The highest BCUT2D eigenvalue weighted by atomic mass is 16.3. The first-order valence-corrected chi connectivity index (χ1v) is 6.75.